The third-order valence-electron chi connectivity index (χ3n) is 5.19. The van der Waals surface area contributed by atoms with Crippen LogP contribution in [-0.2, 0) is 11.3 Å². The SMILES string of the molecule is CNC(=O)c1cc(NC(=O)c2cc(F)cc(Cl)c2)c([C@H](C)c2cc(F)ccc2Cl)n1CC(C)=O. The first-order valence-corrected chi connectivity index (χ1v) is 10.9. The number of aromatic nitrogens is 1. The zero-order valence-electron chi connectivity index (χ0n) is 18.5. The molecule has 0 fully saturated rings. The molecule has 34 heavy (non-hydrogen) atoms. The lowest BCUT2D eigenvalue weighted by Crippen LogP contribution is -2.24. The van der Waals surface area contributed by atoms with Gasteiger partial charge in [-0.15, -0.1) is 0 Å². The van der Waals surface area contributed by atoms with E-state index in [0.717, 1.165) is 12.1 Å². The van der Waals surface area contributed by atoms with Crippen LogP contribution in [0, 0.1) is 11.6 Å². The summed E-state index contributed by atoms with van der Waals surface area (Å²) in [6.07, 6.45) is 0. The van der Waals surface area contributed by atoms with Crippen LogP contribution >= 0.6 is 23.2 Å². The number of hydrogen-bond donors (Lipinski definition) is 2. The van der Waals surface area contributed by atoms with Gasteiger partial charge in [-0.2, -0.15) is 0 Å². The van der Waals surface area contributed by atoms with Crippen molar-refractivity contribution in [2.24, 2.45) is 0 Å². The van der Waals surface area contributed by atoms with Crippen molar-refractivity contribution in [1.82, 2.24) is 9.88 Å². The highest BCUT2D eigenvalue weighted by Gasteiger charge is 2.27. The van der Waals surface area contributed by atoms with Gasteiger partial charge < -0.3 is 15.2 Å². The monoisotopic (exact) mass is 507 g/mol. The number of nitrogens with one attached hydrogen (secondary N) is 2. The van der Waals surface area contributed by atoms with Crippen LogP contribution in [0.2, 0.25) is 10.0 Å². The Balaban J connectivity index is 2.20. The zero-order valence-corrected chi connectivity index (χ0v) is 20.0. The van der Waals surface area contributed by atoms with Gasteiger partial charge in [-0.25, -0.2) is 8.78 Å². The Hall–Kier alpha value is -3.23. The van der Waals surface area contributed by atoms with Crippen molar-refractivity contribution in [3.63, 3.8) is 0 Å². The van der Waals surface area contributed by atoms with Gasteiger partial charge >= 0.3 is 0 Å². The first kappa shape index (κ1) is 25.4. The second-order valence-corrected chi connectivity index (χ2v) is 8.54. The molecule has 178 valence electrons. The minimum atomic E-state index is -0.696. The fourth-order valence-electron chi connectivity index (χ4n) is 3.71. The normalized spacial score (nSPS) is 11.7. The Bertz CT molecular complexity index is 1270. The molecule has 0 aliphatic heterocycles. The summed E-state index contributed by atoms with van der Waals surface area (Å²) >= 11 is 12.2. The van der Waals surface area contributed by atoms with Gasteiger partial charge in [0.1, 0.15) is 23.1 Å². The molecule has 1 atom stereocenters. The van der Waals surface area contributed by atoms with Crippen LogP contribution in [0.25, 0.3) is 0 Å². The second kappa shape index (κ2) is 10.4. The topological polar surface area (TPSA) is 80.2 Å². The highest BCUT2D eigenvalue weighted by molar-refractivity contribution is 6.31. The lowest BCUT2D eigenvalue weighted by molar-refractivity contribution is -0.117. The molecule has 2 N–H and O–H groups in total. The Morgan fingerprint density at radius 1 is 1.00 bits per heavy atom. The number of rotatable bonds is 7. The fraction of sp³-hybridized carbons (Fsp3) is 0.208. The summed E-state index contributed by atoms with van der Waals surface area (Å²) in [6.45, 7) is 2.87. The molecule has 0 unspecified atom stereocenters. The number of anilines is 1. The summed E-state index contributed by atoms with van der Waals surface area (Å²) < 4.78 is 29.3. The lowest BCUT2D eigenvalue weighted by atomic mass is 9.96. The van der Waals surface area contributed by atoms with E-state index in [1.807, 2.05) is 0 Å². The highest BCUT2D eigenvalue weighted by atomic mass is 35.5. The fourth-order valence-corrected chi connectivity index (χ4v) is 4.22. The zero-order chi connectivity index (χ0) is 25.2. The van der Waals surface area contributed by atoms with Crippen molar-refractivity contribution in [2.45, 2.75) is 26.3 Å². The third-order valence-corrected chi connectivity index (χ3v) is 5.75. The number of nitrogens with zero attached hydrogens (tertiary/aromatic N) is 1. The van der Waals surface area contributed by atoms with E-state index in [-0.39, 0.29) is 39.3 Å². The average Bonchev–Trinajstić information content (AvgIpc) is 3.10. The standard InChI is InChI=1S/C24H21Cl2F2N3O3/c1-12(32)11-31-21(24(34)29-3)10-20(30-23(33)14-6-15(25)8-17(28)7-14)22(31)13(2)18-9-16(27)4-5-19(18)26/h4-10,13H,11H2,1-3H3,(H,29,34)(H,30,33)/t13-/m1/s1. The number of amides is 2. The lowest BCUT2D eigenvalue weighted by Gasteiger charge is -2.20. The Kier molecular flexibility index (Phi) is 7.74. The third kappa shape index (κ3) is 5.46. The molecule has 10 heteroatoms. The van der Waals surface area contributed by atoms with E-state index in [2.05, 4.69) is 10.6 Å². The molecule has 0 saturated carbocycles. The smallest absolute Gasteiger partial charge is 0.267 e. The molecule has 3 rings (SSSR count). The number of carbonyl (C=O) groups excluding carboxylic acids is 3. The molecule has 6 nitrogen and oxygen atoms in total. The molecule has 1 heterocycles. The van der Waals surface area contributed by atoms with Gasteiger partial charge in [0, 0.05) is 34.3 Å². The van der Waals surface area contributed by atoms with E-state index in [9.17, 15) is 23.2 Å². The van der Waals surface area contributed by atoms with Gasteiger partial charge in [0.2, 0.25) is 0 Å². The van der Waals surface area contributed by atoms with Crippen molar-refractivity contribution in [3.8, 4) is 0 Å². The molecular weight excluding hydrogens is 487 g/mol. The molecule has 3 aromatic rings. The minimum Gasteiger partial charge on any atom is -0.354 e. The molecule has 0 aliphatic carbocycles. The Morgan fingerprint density at radius 2 is 1.71 bits per heavy atom. The van der Waals surface area contributed by atoms with Crippen LogP contribution in [0.5, 0.6) is 0 Å². The Morgan fingerprint density at radius 3 is 2.32 bits per heavy atom. The number of hydrogen-bond acceptors (Lipinski definition) is 3. The highest BCUT2D eigenvalue weighted by Crippen LogP contribution is 2.37. The van der Waals surface area contributed by atoms with Crippen LogP contribution in [0.1, 0.15) is 51.9 Å². The van der Waals surface area contributed by atoms with Crippen molar-refractivity contribution < 1.29 is 23.2 Å². The van der Waals surface area contributed by atoms with Crippen LogP contribution in [0.15, 0.2) is 42.5 Å². The second-order valence-electron chi connectivity index (χ2n) is 7.70. The van der Waals surface area contributed by atoms with Crippen LogP contribution in [0.3, 0.4) is 0 Å². The quantitative estimate of drug-likeness (QED) is 0.447. The van der Waals surface area contributed by atoms with E-state index in [0.29, 0.717) is 11.3 Å². The maximum absolute atomic E-state index is 14.0. The summed E-state index contributed by atoms with van der Waals surface area (Å²) in [6, 6.07) is 8.62. The van der Waals surface area contributed by atoms with E-state index in [1.165, 1.54) is 48.9 Å². The van der Waals surface area contributed by atoms with Gasteiger partial charge in [0.15, 0.2) is 0 Å². The number of carbonyl (C=O) groups is 3. The van der Waals surface area contributed by atoms with Crippen LogP contribution in [-0.4, -0.2) is 29.2 Å². The number of ketones is 1. The predicted molar refractivity (Wildman–Crippen MR) is 127 cm³/mol. The first-order valence-electron chi connectivity index (χ1n) is 10.2. The van der Waals surface area contributed by atoms with E-state index < -0.39 is 29.4 Å². The minimum absolute atomic E-state index is 0.0329. The van der Waals surface area contributed by atoms with Gasteiger partial charge in [-0.05, 0) is 55.0 Å². The molecule has 0 bridgehead atoms. The van der Waals surface area contributed by atoms with Crippen molar-refractivity contribution in [2.75, 3.05) is 12.4 Å². The summed E-state index contributed by atoms with van der Waals surface area (Å²) in [7, 11) is 1.42. The largest absolute Gasteiger partial charge is 0.354 e. The van der Waals surface area contributed by atoms with Crippen LogP contribution in [0.4, 0.5) is 14.5 Å². The van der Waals surface area contributed by atoms with E-state index in [4.69, 9.17) is 23.2 Å². The summed E-state index contributed by atoms with van der Waals surface area (Å²) in [4.78, 5) is 37.6. The molecular formula is C24H21Cl2F2N3O3. The van der Waals surface area contributed by atoms with Crippen molar-refractivity contribution in [1.29, 1.82) is 0 Å². The molecule has 2 aromatic carbocycles. The van der Waals surface area contributed by atoms with Gasteiger partial charge in [0.25, 0.3) is 11.8 Å². The Labute approximate surface area is 204 Å². The maximum Gasteiger partial charge on any atom is 0.267 e. The molecule has 0 aliphatic rings. The van der Waals surface area contributed by atoms with Gasteiger partial charge in [-0.1, -0.05) is 30.1 Å². The van der Waals surface area contributed by atoms with Crippen molar-refractivity contribution >= 4 is 46.5 Å². The molecule has 0 saturated heterocycles. The van der Waals surface area contributed by atoms with E-state index in [1.54, 1.807) is 6.92 Å². The number of benzene rings is 2. The number of Topliss-reactive ketones (excluding diaryl/α,β-unsaturated/α-hetero) is 1. The first-order chi connectivity index (χ1) is 16.0. The van der Waals surface area contributed by atoms with Crippen LogP contribution < -0.4 is 10.6 Å². The average molecular weight is 508 g/mol. The molecule has 1 aromatic heterocycles. The van der Waals surface area contributed by atoms with Gasteiger partial charge in [0.05, 0.1) is 12.2 Å². The van der Waals surface area contributed by atoms with E-state index >= 15 is 0 Å². The molecule has 2 amide bonds. The van der Waals surface area contributed by atoms with Crippen molar-refractivity contribution in [3.05, 3.63) is 86.7 Å². The van der Waals surface area contributed by atoms with Gasteiger partial charge in [-0.3, -0.25) is 14.4 Å². The summed E-state index contributed by atoms with van der Waals surface area (Å²) in [5.74, 6) is -3.32. The summed E-state index contributed by atoms with van der Waals surface area (Å²) in [5.41, 5.74) is 0.959. The summed E-state index contributed by atoms with van der Waals surface area (Å²) in [5, 5.41) is 5.46. The maximum atomic E-state index is 14.0. The molecule has 0 radical (unpaired) electrons. The molecule has 0 spiro atoms. The predicted octanol–water partition coefficient (Wildman–Crippen LogP) is 5.43. The number of halogens is 4.